The summed E-state index contributed by atoms with van der Waals surface area (Å²) in [5, 5.41) is 30.2. The van der Waals surface area contributed by atoms with Gasteiger partial charge < -0.3 is 34.6 Å². The van der Waals surface area contributed by atoms with E-state index in [1.165, 1.54) is 70.3 Å². The zero-order valence-corrected chi connectivity index (χ0v) is 32.7. The highest BCUT2D eigenvalue weighted by molar-refractivity contribution is 7.46. The first-order valence-corrected chi connectivity index (χ1v) is 20.9. The number of rotatable bonds is 34. The zero-order chi connectivity index (χ0) is 38.7. The first kappa shape index (κ1) is 49.6. The number of unbranched alkanes of at least 4 members (excludes halogenated alkanes) is 13. The lowest BCUT2D eigenvalue weighted by Gasteiger charge is -2.19. The minimum atomic E-state index is -4.85. The molecule has 0 aliphatic carbocycles. The first-order chi connectivity index (χ1) is 25.0. The average Bonchev–Trinajstić information content (AvgIpc) is 3.10. The van der Waals surface area contributed by atoms with Gasteiger partial charge in [0.1, 0.15) is 6.61 Å². The largest absolute Gasteiger partial charge is 0.469 e. The van der Waals surface area contributed by atoms with Gasteiger partial charge in [-0.3, -0.25) is 14.1 Å². The number of aliphatic hydroxyl groups is 3. The Morgan fingerprint density at radius 2 is 1.15 bits per heavy atom. The Kier molecular flexibility index (Phi) is 32.8. The summed E-state index contributed by atoms with van der Waals surface area (Å²) in [4.78, 5) is 42.8. The van der Waals surface area contributed by atoms with Gasteiger partial charge in [-0.2, -0.15) is 0 Å². The smallest absolute Gasteiger partial charge is 0.462 e. The molecule has 0 saturated carbocycles. The highest BCUT2D eigenvalue weighted by Gasteiger charge is 2.23. The fourth-order valence-electron chi connectivity index (χ4n) is 5.13. The summed E-state index contributed by atoms with van der Waals surface area (Å²) in [5.74, 6) is -1.22. The van der Waals surface area contributed by atoms with Crippen molar-refractivity contribution >= 4 is 19.8 Å². The quantitative estimate of drug-likeness (QED) is 0.0140. The van der Waals surface area contributed by atoms with Crippen LogP contribution >= 0.6 is 7.82 Å². The second-order valence-electron chi connectivity index (χ2n) is 13.1. The van der Waals surface area contributed by atoms with Crippen LogP contribution in [0.3, 0.4) is 0 Å². The molecule has 0 rings (SSSR count). The van der Waals surface area contributed by atoms with Crippen LogP contribution < -0.4 is 0 Å². The predicted molar refractivity (Wildman–Crippen MR) is 206 cm³/mol. The normalized spacial score (nSPS) is 15.0. The molecule has 0 fully saturated rings. The third-order valence-electron chi connectivity index (χ3n) is 8.14. The molecule has 0 spiro atoms. The summed E-state index contributed by atoms with van der Waals surface area (Å²) < 4.78 is 26.1. The Balaban J connectivity index is 4.33. The van der Waals surface area contributed by atoms with Crippen molar-refractivity contribution < 1.29 is 53.3 Å². The summed E-state index contributed by atoms with van der Waals surface area (Å²) in [7, 11) is -4.85. The topological polar surface area (TPSA) is 180 Å². The van der Waals surface area contributed by atoms with Crippen molar-refractivity contribution in [2.75, 3.05) is 13.2 Å². The molecule has 0 aliphatic heterocycles. The standard InChI is InChI=1S/C40H69O11P/c1-3-5-7-8-9-10-11-12-13-14-15-16-21-25-31-39(44)49-33-36(34-50-52(46,47)48)51-40(45)32-26-30-38(43)37(42)29-24-20-18-17-19-23-28-35(41)27-22-6-4-2/h6,17-20,22-24,28-29,35-38,41-43H,3-5,7-16,21,25-27,30-34H2,1-2H3,(H2,46,47,48)/b19-17+,20-18-,22-6-,28-23+,29-24-/t35-,36+,37+,38+/m0/s1. The lowest BCUT2D eigenvalue weighted by Crippen LogP contribution is -2.29. The summed E-state index contributed by atoms with van der Waals surface area (Å²) in [6, 6.07) is 0. The van der Waals surface area contributed by atoms with Crippen LogP contribution in [0.5, 0.6) is 0 Å². The van der Waals surface area contributed by atoms with Gasteiger partial charge in [-0.1, -0.05) is 158 Å². The van der Waals surface area contributed by atoms with Crippen molar-refractivity contribution in [2.24, 2.45) is 0 Å². The van der Waals surface area contributed by atoms with Gasteiger partial charge in [-0.25, -0.2) is 4.57 Å². The number of ether oxygens (including phenoxy) is 2. The van der Waals surface area contributed by atoms with E-state index in [1.807, 2.05) is 19.1 Å². The van der Waals surface area contributed by atoms with Gasteiger partial charge >= 0.3 is 19.8 Å². The number of hydrogen-bond acceptors (Lipinski definition) is 9. The molecule has 0 aromatic carbocycles. The molecule has 0 amide bonds. The minimum Gasteiger partial charge on any atom is -0.462 e. The van der Waals surface area contributed by atoms with Gasteiger partial charge in [-0.15, -0.1) is 0 Å². The van der Waals surface area contributed by atoms with E-state index in [9.17, 15) is 29.5 Å². The molecule has 300 valence electrons. The molecular formula is C40H69O11P. The third-order valence-corrected chi connectivity index (χ3v) is 8.63. The lowest BCUT2D eigenvalue weighted by atomic mass is 10.0. The summed E-state index contributed by atoms with van der Waals surface area (Å²) in [5.41, 5.74) is 0. The molecule has 0 aromatic rings. The first-order valence-electron chi connectivity index (χ1n) is 19.4. The molecule has 4 atom stereocenters. The Morgan fingerprint density at radius 3 is 1.71 bits per heavy atom. The highest BCUT2D eigenvalue weighted by Crippen LogP contribution is 2.36. The minimum absolute atomic E-state index is 0.0859. The van der Waals surface area contributed by atoms with Crippen LogP contribution in [0.4, 0.5) is 0 Å². The fraction of sp³-hybridized carbons (Fsp3) is 0.700. The Morgan fingerprint density at radius 1 is 0.635 bits per heavy atom. The fourth-order valence-corrected chi connectivity index (χ4v) is 5.49. The van der Waals surface area contributed by atoms with Crippen molar-refractivity contribution in [1.82, 2.24) is 0 Å². The average molecular weight is 757 g/mol. The number of carbonyl (C=O) groups is 2. The second kappa shape index (κ2) is 34.4. The molecule has 0 aliphatic rings. The van der Waals surface area contributed by atoms with E-state index >= 15 is 0 Å². The van der Waals surface area contributed by atoms with Crippen LogP contribution in [0.1, 0.15) is 142 Å². The van der Waals surface area contributed by atoms with E-state index in [1.54, 1.807) is 42.5 Å². The van der Waals surface area contributed by atoms with Crippen molar-refractivity contribution in [3.8, 4) is 0 Å². The molecule has 52 heavy (non-hydrogen) atoms. The maximum absolute atomic E-state index is 12.4. The van der Waals surface area contributed by atoms with Gasteiger partial charge in [0.2, 0.25) is 0 Å². The molecule has 12 heteroatoms. The molecule has 5 N–H and O–H groups in total. The van der Waals surface area contributed by atoms with Crippen LogP contribution in [0.25, 0.3) is 0 Å². The van der Waals surface area contributed by atoms with Crippen molar-refractivity contribution in [3.63, 3.8) is 0 Å². The lowest BCUT2D eigenvalue weighted by molar-refractivity contribution is -0.161. The predicted octanol–water partition coefficient (Wildman–Crippen LogP) is 8.26. The Labute approximate surface area is 313 Å². The number of phosphoric ester groups is 1. The zero-order valence-electron chi connectivity index (χ0n) is 31.8. The summed E-state index contributed by atoms with van der Waals surface area (Å²) in [6.07, 6.45) is 31.7. The number of esters is 2. The molecule has 0 bridgehead atoms. The van der Waals surface area contributed by atoms with Crippen LogP contribution in [0.2, 0.25) is 0 Å². The Bertz CT molecular complexity index is 1080. The SMILES string of the molecule is CC/C=C\C[C@H](O)/C=C/C=C/C=C\C=C/[C@@H](O)[C@H](O)CCCC(=O)O[C@H](COC(=O)CCCCCCCCCCCCCCCC)COP(=O)(O)O. The molecule has 0 heterocycles. The molecule has 0 radical (unpaired) electrons. The molecule has 0 unspecified atom stereocenters. The Hall–Kier alpha value is -2.37. The van der Waals surface area contributed by atoms with Crippen molar-refractivity contribution in [3.05, 3.63) is 60.8 Å². The van der Waals surface area contributed by atoms with E-state index in [4.69, 9.17) is 19.3 Å². The number of carbonyl (C=O) groups excluding carboxylic acids is 2. The van der Waals surface area contributed by atoms with E-state index < -0.39 is 57.4 Å². The second-order valence-corrected chi connectivity index (χ2v) is 14.3. The number of aliphatic hydroxyl groups excluding tert-OH is 3. The summed E-state index contributed by atoms with van der Waals surface area (Å²) in [6.45, 7) is 3.19. The van der Waals surface area contributed by atoms with E-state index in [0.717, 1.165) is 25.7 Å². The van der Waals surface area contributed by atoms with Gasteiger partial charge in [0.05, 0.1) is 24.9 Å². The van der Waals surface area contributed by atoms with Gasteiger partial charge in [0.25, 0.3) is 0 Å². The van der Waals surface area contributed by atoms with Crippen molar-refractivity contribution in [2.45, 2.75) is 167 Å². The molecular weight excluding hydrogens is 687 g/mol. The van der Waals surface area contributed by atoms with Crippen LogP contribution in [-0.4, -0.2) is 74.7 Å². The van der Waals surface area contributed by atoms with Gasteiger partial charge in [0, 0.05) is 12.8 Å². The number of phosphoric acid groups is 1. The molecule has 0 saturated heterocycles. The third kappa shape index (κ3) is 34.7. The van der Waals surface area contributed by atoms with E-state index in [2.05, 4.69) is 11.4 Å². The number of allylic oxidation sites excluding steroid dienone is 7. The van der Waals surface area contributed by atoms with Gasteiger partial charge in [0.15, 0.2) is 6.10 Å². The summed E-state index contributed by atoms with van der Waals surface area (Å²) >= 11 is 0. The van der Waals surface area contributed by atoms with Crippen LogP contribution in [-0.2, 0) is 28.2 Å². The number of hydrogen-bond donors (Lipinski definition) is 5. The highest BCUT2D eigenvalue weighted by atomic mass is 31.2. The monoisotopic (exact) mass is 756 g/mol. The van der Waals surface area contributed by atoms with E-state index in [-0.39, 0.29) is 25.7 Å². The maximum Gasteiger partial charge on any atom is 0.469 e. The molecule has 11 nitrogen and oxygen atoms in total. The molecule has 0 aromatic heterocycles. The van der Waals surface area contributed by atoms with Crippen LogP contribution in [0.15, 0.2) is 60.8 Å². The van der Waals surface area contributed by atoms with E-state index in [0.29, 0.717) is 12.8 Å². The maximum atomic E-state index is 12.4. The van der Waals surface area contributed by atoms with Crippen LogP contribution in [0, 0.1) is 0 Å². The van der Waals surface area contributed by atoms with Crippen molar-refractivity contribution in [1.29, 1.82) is 0 Å². The van der Waals surface area contributed by atoms with Gasteiger partial charge in [-0.05, 0) is 32.1 Å².